The van der Waals surface area contributed by atoms with Gasteiger partial charge in [-0.2, -0.15) is 0 Å². The van der Waals surface area contributed by atoms with Gasteiger partial charge in [0.05, 0.1) is 5.92 Å². The molecule has 0 radical (unpaired) electrons. The number of carbonyl (C=O) groups is 2. The monoisotopic (exact) mass is 289 g/mol. The van der Waals surface area contributed by atoms with Gasteiger partial charge in [-0.1, -0.05) is 30.3 Å². The van der Waals surface area contributed by atoms with Gasteiger partial charge in [0, 0.05) is 19.5 Å². The number of benzene rings is 1. The predicted octanol–water partition coefficient (Wildman–Crippen LogP) is 2.89. The zero-order chi connectivity index (χ0) is 15.2. The molecule has 1 aromatic carbocycles. The first kappa shape index (κ1) is 15.5. The van der Waals surface area contributed by atoms with Gasteiger partial charge in [0.2, 0.25) is 5.91 Å². The lowest BCUT2D eigenvalue weighted by atomic mass is 9.91. The molecule has 1 saturated heterocycles. The van der Waals surface area contributed by atoms with E-state index in [0.717, 1.165) is 24.9 Å². The summed E-state index contributed by atoms with van der Waals surface area (Å²) in [6.45, 7) is 3.43. The molecular formula is C17H23NO3. The van der Waals surface area contributed by atoms with Crippen LogP contribution in [0.5, 0.6) is 0 Å². The lowest BCUT2D eigenvalue weighted by molar-refractivity contribution is -0.137. The lowest BCUT2D eigenvalue weighted by Crippen LogP contribution is -2.42. The molecule has 4 nitrogen and oxygen atoms in total. The number of carboxylic acids is 1. The summed E-state index contributed by atoms with van der Waals surface area (Å²) in [7, 11) is 0. The van der Waals surface area contributed by atoms with Crippen LogP contribution in [0.3, 0.4) is 0 Å². The molecule has 1 unspecified atom stereocenters. The Bertz CT molecular complexity index is 486. The quantitative estimate of drug-likeness (QED) is 0.906. The number of carboxylic acid groups (broad SMARTS) is 1. The lowest BCUT2D eigenvalue weighted by Gasteiger charge is -2.34. The minimum absolute atomic E-state index is 0.135. The van der Waals surface area contributed by atoms with Crippen LogP contribution in [0.2, 0.25) is 0 Å². The van der Waals surface area contributed by atoms with Crippen molar-refractivity contribution in [2.75, 3.05) is 13.1 Å². The molecular weight excluding hydrogens is 266 g/mol. The Morgan fingerprint density at radius 1 is 1.33 bits per heavy atom. The molecule has 21 heavy (non-hydrogen) atoms. The molecule has 1 aliphatic rings. The van der Waals surface area contributed by atoms with Crippen molar-refractivity contribution in [1.82, 2.24) is 4.90 Å². The normalized spacial score (nSPS) is 20.0. The second-order valence-electron chi connectivity index (χ2n) is 5.86. The first-order valence-corrected chi connectivity index (χ1v) is 7.63. The number of carbonyl (C=O) groups excluding carboxylic acids is 1. The number of hydrogen-bond donors (Lipinski definition) is 1. The fourth-order valence-corrected chi connectivity index (χ4v) is 2.99. The maximum Gasteiger partial charge on any atom is 0.303 e. The number of nitrogens with zero attached hydrogens (tertiary/aromatic N) is 1. The van der Waals surface area contributed by atoms with Crippen LogP contribution in [-0.2, 0) is 9.59 Å². The van der Waals surface area contributed by atoms with Gasteiger partial charge in [-0.25, -0.2) is 0 Å². The van der Waals surface area contributed by atoms with Gasteiger partial charge < -0.3 is 10.0 Å². The molecule has 1 amide bonds. The van der Waals surface area contributed by atoms with Crippen molar-refractivity contribution in [3.8, 4) is 0 Å². The van der Waals surface area contributed by atoms with E-state index >= 15 is 0 Å². The Hall–Kier alpha value is -1.84. The van der Waals surface area contributed by atoms with Gasteiger partial charge in [0.1, 0.15) is 0 Å². The van der Waals surface area contributed by atoms with Crippen LogP contribution in [0.15, 0.2) is 30.3 Å². The van der Waals surface area contributed by atoms with Crippen LogP contribution in [0.4, 0.5) is 0 Å². The van der Waals surface area contributed by atoms with Crippen LogP contribution in [0.1, 0.15) is 44.1 Å². The molecule has 1 aromatic rings. The molecule has 4 heteroatoms. The molecule has 0 aromatic heterocycles. The third-order valence-corrected chi connectivity index (χ3v) is 4.27. The van der Waals surface area contributed by atoms with Crippen molar-refractivity contribution in [3.05, 3.63) is 35.9 Å². The first-order chi connectivity index (χ1) is 10.1. The zero-order valence-electron chi connectivity index (χ0n) is 12.5. The summed E-state index contributed by atoms with van der Waals surface area (Å²) in [4.78, 5) is 25.2. The Labute approximate surface area is 125 Å². The van der Waals surface area contributed by atoms with Crippen LogP contribution < -0.4 is 0 Å². The third kappa shape index (κ3) is 4.31. The predicted molar refractivity (Wildman–Crippen MR) is 81.0 cm³/mol. The summed E-state index contributed by atoms with van der Waals surface area (Å²) in [5.41, 5.74) is 1.04. The molecule has 1 heterocycles. The number of likely N-dealkylation sites (tertiary alicyclic amines) is 1. The average molecular weight is 289 g/mol. The fourth-order valence-electron chi connectivity index (χ4n) is 2.99. The highest BCUT2D eigenvalue weighted by molar-refractivity contribution is 5.83. The fraction of sp³-hybridized carbons (Fsp3) is 0.529. The molecule has 114 valence electrons. The summed E-state index contributed by atoms with van der Waals surface area (Å²) in [6, 6.07) is 9.81. The smallest absolute Gasteiger partial charge is 0.303 e. The minimum atomic E-state index is -0.754. The maximum atomic E-state index is 12.6. The summed E-state index contributed by atoms with van der Waals surface area (Å²) < 4.78 is 0. The molecule has 1 aliphatic heterocycles. The van der Waals surface area contributed by atoms with Crippen LogP contribution in [0, 0.1) is 5.92 Å². The summed E-state index contributed by atoms with van der Waals surface area (Å²) in [5, 5.41) is 8.78. The second kappa shape index (κ2) is 7.25. The summed E-state index contributed by atoms with van der Waals surface area (Å²) in [6.07, 6.45) is 2.86. The summed E-state index contributed by atoms with van der Waals surface area (Å²) >= 11 is 0. The van der Waals surface area contributed by atoms with E-state index in [1.165, 1.54) is 0 Å². The van der Waals surface area contributed by atoms with Gasteiger partial charge in [0.25, 0.3) is 0 Å². The molecule has 0 aliphatic carbocycles. The SMILES string of the molecule is C[C@H](C(=O)N1CCCC(CCC(=O)O)C1)c1ccccc1. The van der Waals surface area contributed by atoms with Crippen molar-refractivity contribution in [3.63, 3.8) is 0 Å². The number of rotatable bonds is 5. The second-order valence-corrected chi connectivity index (χ2v) is 5.86. The number of aliphatic carboxylic acids is 1. The molecule has 0 bridgehead atoms. The van der Waals surface area contributed by atoms with Crippen LogP contribution in [0.25, 0.3) is 0 Å². The number of piperidine rings is 1. The Morgan fingerprint density at radius 2 is 2.05 bits per heavy atom. The maximum absolute atomic E-state index is 12.6. The van der Waals surface area contributed by atoms with E-state index in [9.17, 15) is 9.59 Å². The molecule has 2 rings (SSSR count). The van der Waals surface area contributed by atoms with Crippen molar-refractivity contribution in [1.29, 1.82) is 0 Å². The molecule has 2 atom stereocenters. The van der Waals surface area contributed by atoms with E-state index in [0.29, 0.717) is 18.9 Å². The zero-order valence-corrected chi connectivity index (χ0v) is 12.5. The Kier molecular flexibility index (Phi) is 5.37. The molecule has 1 N–H and O–H groups in total. The number of amides is 1. The molecule has 1 fully saturated rings. The van der Waals surface area contributed by atoms with Crippen LogP contribution in [-0.4, -0.2) is 35.0 Å². The largest absolute Gasteiger partial charge is 0.481 e. The standard InChI is InChI=1S/C17H23NO3/c1-13(15-7-3-2-4-8-15)17(21)18-11-5-6-14(12-18)9-10-16(19)20/h2-4,7-8,13-14H,5-6,9-12H2,1H3,(H,19,20)/t13-,14?/m0/s1. The van der Waals surface area contributed by atoms with E-state index in [4.69, 9.17) is 5.11 Å². The third-order valence-electron chi connectivity index (χ3n) is 4.27. The topological polar surface area (TPSA) is 57.6 Å². The average Bonchev–Trinajstić information content (AvgIpc) is 2.52. The van der Waals surface area contributed by atoms with Crippen molar-refractivity contribution in [2.24, 2.45) is 5.92 Å². The van der Waals surface area contributed by atoms with E-state index < -0.39 is 5.97 Å². The minimum Gasteiger partial charge on any atom is -0.481 e. The van der Waals surface area contributed by atoms with Gasteiger partial charge >= 0.3 is 5.97 Å². The van der Waals surface area contributed by atoms with E-state index in [2.05, 4.69) is 0 Å². The highest BCUT2D eigenvalue weighted by Crippen LogP contribution is 2.25. The highest BCUT2D eigenvalue weighted by Gasteiger charge is 2.27. The van der Waals surface area contributed by atoms with Gasteiger partial charge in [-0.05, 0) is 37.7 Å². The van der Waals surface area contributed by atoms with E-state index in [1.54, 1.807) is 0 Å². The van der Waals surface area contributed by atoms with Crippen LogP contribution >= 0.6 is 0 Å². The van der Waals surface area contributed by atoms with Gasteiger partial charge in [-0.3, -0.25) is 9.59 Å². The van der Waals surface area contributed by atoms with Crippen molar-refractivity contribution in [2.45, 2.75) is 38.5 Å². The Balaban J connectivity index is 1.94. The molecule has 0 spiro atoms. The summed E-state index contributed by atoms with van der Waals surface area (Å²) in [5.74, 6) is -0.413. The van der Waals surface area contributed by atoms with Crippen molar-refractivity contribution < 1.29 is 14.7 Å². The van der Waals surface area contributed by atoms with E-state index in [-0.39, 0.29) is 18.2 Å². The first-order valence-electron chi connectivity index (χ1n) is 7.63. The highest BCUT2D eigenvalue weighted by atomic mass is 16.4. The van der Waals surface area contributed by atoms with Crippen molar-refractivity contribution >= 4 is 11.9 Å². The van der Waals surface area contributed by atoms with Gasteiger partial charge in [0.15, 0.2) is 0 Å². The number of hydrogen-bond acceptors (Lipinski definition) is 2. The van der Waals surface area contributed by atoms with E-state index in [1.807, 2.05) is 42.2 Å². The van der Waals surface area contributed by atoms with Gasteiger partial charge in [-0.15, -0.1) is 0 Å². The molecule has 0 saturated carbocycles. The Morgan fingerprint density at radius 3 is 2.71 bits per heavy atom.